The number of carbonyl (C=O) groups is 4. The number of rotatable bonds is 6. The third-order valence-electron chi connectivity index (χ3n) is 3.89. The maximum absolute atomic E-state index is 11.5. The first-order valence-electron chi connectivity index (χ1n) is 9.59. The van der Waals surface area contributed by atoms with Crippen LogP contribution < -0.4 is 18.9 Å². The minimum Gasteiger partial charge on any atom is -0.423 e. The number of aromatic nitrogens is 2. The van der Waals surface area contributed by atoms with Crippen molar-refractivity contribution in [1.82, 2.24) is 10.2 Å². The van der Waals surface area contributed by atoms with Gasteiger partial charge in [-0.25, -0.2) is 0 Å². The largest absolute Gasteiger partial charge is 0.423 e. The number of benzene rings is 2. The molecule has 0 spiro atoms. The summed E-state index contributed by atoms with van der Waals surface area (Å²) in [4.78, 5) is 45.7. The fourth-order valence-electron chi connectivity index (χ4n) is 2.73. The Bertz CT molecular complexity index is 1300. The highest BCUT2D eigenvalue weighted by Gasteiger charge is 2.19. The minimum atomic E-state index is -0.580. The van der Waals surface area contributed by atoms with Crippen molar-refractivity contribution in [2.24, 2.45) is 0 Å². The number of halogens is 1. The third-order valence-corrected chi connectivity index (χ3v) is 5.79. The van der Waals surface area contributed by atoms with Crippen LogP contribution >= 0.6 is 33.9 Å². The summed E-state index contributed by atoms with van der Waals surface area (Å²) in [5.41, 5.74) is 1.18. The molecule has 0 N–H and O–H groups in total. The zero-order valence-electron chi connectivity index (χ0n) is 18.3. The summed E-state index contributed by atoms with van der Waals surface area (Å²) in [5, 5.41) is 9.41. The molecule has 1 heterocycles. The Labute approximate surface area is 211 Å². The van der Waals surface area contributed by atoms with E-state index < -0.39 is 23.9 Å². The maximum Gasteiger partial charge on any atom is 0.308 e. The lowest BCUT2D eigenvalue weighted by Gasteiger charge is -2.11. The molecule has 0 fully saturated rings. The smallest absolute Gasteiger partial charge is 0.308 e. The van der Waals surface area contributed by atoms with E-state index in [1.165, 1.54) is 51.2 Å². The zero-order chi connectivity index (χ0) is 25.0. The summed E-state index contributed by atoms with van der Waals surface area (Å²) in [6, 6.07) is 7.76. The van der Waals surface area contributed by atoms with E-state index in [1.807, 2.05) is 22.6 Å². The highest BCUT2D eigenvalue weighted by Crippen LogP contribution is 2.40. The predicted molar refractivity (Wildman–Crippen MR) is 129 cm³/mol. The number of hydrogen-bond acceptors (Lipinski definition) is 11. The molecule has 176 valence electrons. The molecule has 0 aliphatic rings. The lowest BCUT2D eigenvalue weighted by atomic mass is 10.2. The number of esters is 4. The van der Waals surface area contributed by atoms with Gasteiger partial charge in [0, 0.05) is 42.4 Å². The standard InChI is InChI=1S/C22H17IN2O8S/c1-10(26)30-17-6-5-14(7-18(17)31-11(2)27)21-24-25-22(34-21)15-8-19(32-12(3)28)20(9-16(15)23)33-13(4)29/h5-9H,1-4H3. The molecule has 3 aromatic rings. The summed E-state index contributed by atoms with van der Waals surface area (Å²) in [6.07, 6.45) is 0. The van der Waals surface area contributed by atoms with E-state index in [0.717, 1.165) is 0 Å². The van der Waals surface area contributed by atoms with Gasteiger partial charge >= 0.3 is 23.9 Å². The summed E-state index contributed by atoms with van der Waals surface area (Å²) in [7, 11) is 0. The van der Waals surface area contributed by atoms with Crippen molar-refractivity contribution in [2.75, 3.05) is 0 Å². The van der Waals surface area contributed by atoms with E-state index in [-0.39, 0.29) is 23.0 Å². The van der Waals surface area contributed by atoms with Crippen LogP contribution in [0.2, 0.25) is 0 Å². The quantitative estimate of drug-likeness (QED) is 0.232. The average Bonchev–Trinajstić information content (AvgIpc) is 3.19. The molecular weight excluding hydrogens is 579 g/mol. The first kappa shape index (κ1) is 25.2. The Morgan fingerprint density at radius 2 is 1.15 bits per heavy atom. The van der Waals surface area contributed by atoms with Crippen LogP contribution in [-0.2, 0) is 19.2 Å². The zero-order valence-corrected chi connectivity index (χ0v) is 21.3. The van der Waals surface area contributed by atoms with Gasteiger partial charge < -0.3 is 18.9 Å². The van der Waals surface area contributed by atoms with Crippen LogP contribution in [0.15, 0.2) is 30.3 Å². The fraction of sp³-hybridized carbons (Fsp3) is 0.182. The summed E-state index contributed by atoms with van der Waals surface area (Å²) in [6.45, 7) is 4.95. The Balaban J connectivity index is 2.02. The van der Waals surface area contributed by atoms with Crippen LogP contribution in [0, 0.1) is 3.57 Å². The number of carbonyl (C=O) groups excluding carboxylic acids is 4. The van der Waals surface area contributed by atoms with Gasteiger partial charge in [0.05, 0.1) is 0 Å². The van der Waals surface area contributed by atoms with E-state index in [1.54, 1.807) is 18.2 Å². The van der Waals surface area contributed by atoms with E-state index in [4.69, 9.17) is 18.9 Å². The fourth-order valence-corrected chi connectivity index (χ4v) is 4.48. The predicted octanol–water partition coefficient (Wildman–Crippen LogP) is 4.18. The second-order valence-corrected chi connectivity index (χ2v) is 8.87. The molecule has 0 atom stereocenters. The summed E-state index contributed by atoms with van der Waals surface area (Å²) >= 11 is 3.27. The average molecular weight is 596 g/mol. The van der Waals surface area contributed by atoms with Crippen LogP contribution in [0.3, 0.4) is 0 Å². The Kier molecular flexibility index (Phi) is 7.94. The van der Waals surface area contributed by atoms with Crippen molar-refractivity contribution in [3.05, 3.63) is 33.9 Å². The van der Waals surface area contributed by atoms with E-state index in [0.29, 0.717) is 24.7 Å². The van der Waals surface area contributed by atoms with Crippen molar-refractivity contribution < 1.29 is 38.1 Å². The van der Waals surface area contributed by atoms with Gasteiger partial charge in [-0.2, -0.15) is 0 Å². The first-order chi connectivity index (χ1) is 16.0. The van der Waals surface area contributed by atoms with Crippen LogP contribution in [0.1, 0.15) is 27.7 Å². The van der Waals surface area contributed by atoms with Gasteiger partial charge in [-0.15, -0.1) is 10.2 Å². The molecule has 2 aromatic carbocycles. The van der Waals surface area contributed by atoms with Crippen molar-refractivity contribution >= 4 is 57.8 Å². The molecule has 34 heavy (non-hydrogen) atoms. The normalized spacial score (nSPS) is 10.4. The van der Waals surface area contributed by atoms with Crippen molar-refractivity contribution in [2.45, 2.75) is 27.7 Å². The van der Waals surface area contributed by atoms with Gasteiger partial charge in [0.25, 0.3) is 0 Å². The first-order valence-corrected chi connectivity index (χ1v) is 11.5. The van der Waals surface area contributed by atoms with Gasteiger partial charge in [-0.3, -0.25) is 19.2 Å². The molecule has 10 nitrogen and oxygen atoms in total. The van der Waals surface area contributed by atoms with Gasteiger partial charge in [0.15, 0.2) is 23.0 Å². The topological polar surface area (TPSA) is 131 Å². The molecule has 3 rings (SSSR count). The lowest BCUT2D eigenvalue weighted by molar-refractivity contribution is -0.134. The minimum absolute atomic E-state index is 0.0643. The molecule has 0 unspecified atom stereocenters. The molecule has 12 heteroatoms. The van der Waals surface area contributed by atoms with Crippen LogP contribution in [0.4, 0.5) is 0 Å². The SMILES string of the molecule is CC(=O)Oc1ccc(-c2nnc(-c3cc(OC(C)=O)c(OC(C)=O)cc3I)s2)cc1OC(C)=O. The van der Waals surface area contributed by atoms with Gasteiger partial charge in [-0.05, 0) is 52.9 Å². The van der Waals surface area contributed by atoms with Crippen LogP contribution in [0.5, 0.6) is 23.0 Å². The summed E-state index contributed by atoms with van der Waals surface area (Å²) < 4.78 is 21.3. The van der Waals surface area contributed by atoms with Crippen molar-refractivity contribution in [3.63, 3.8) is 0 Å². The molecule has 0 bridgehead atoms. The molecule has 0 radical (unpaired) electrons. The lowest BCUT2D eigenvalue weighted by Crippen LogP contribution is -2.07. The summed E-state index contributed by atoms with van der Waals surface area (Å²) in [5.74, 6) is -1.95. The van der Waals surface area contributed by atoms with Crippen molar-refractivity contribution in [1.29, 1.82) is 0 Å². The Morgan fingerprint density at radius 3 is 1.71 bits per heavy atom. The number of ether oxygens (including phenoxy) is 4. The Morgan fingerprint density at radius 1 is 0.676 bits per heavy atom. The van der Waals surface area contributed by atoms with Gasteiger partial charge in [0.1, 0.15) is 10.0 Å². The molecule has 0 saturated heterocycles. The maximum atomic E-state index is 11.5. The van der Waals surface area contributed by atoms with Crippen molar-refractivity contribution in [3.8, 4) is 44.1 Å². The van der Waals surface area contributed by atoms with Gasteiger partial charge in [0.2, 0.25) is 0 Å². The molecular formula is C22H17IN2O8S. The highest BCUT2D eigenvalue weighted by molar-refractivity contribution is 14.1. The van der Waals surface area contributed by atoms with E-state index in [2.05, 4.69) is 10.2 Å². The molecule has 0 aliphatic carbocycles. The second-order valence-electron chi connectivity index (χ2n) is 6.73. The van der Waals surface area contributed by atoms with Gasteiger partial charge in [-0.1, -0.05) is 11.3 Å². The Hall–Kier alpha value is -3.39. The number of nitrogens with zero attached hydrogens (tertiary/aromatic N) is 2. The number of hydrogen-bond donors (Lipinski definition) is 0. The van der Waals surface area contributed by atoms with E-state index >= 15 is 0 Å². The molecule has 0 saturated carbocycles. The third kappa shape index (κ3) is 6.35. The van der Waals surface area contributed by atoms with Crippen LogP contribution in [-0.4, -0.2) is 34.1 Å². The molecule has 0 aliphatic heterocycles. The molecule has 1 aromatic heterocycles. The monoisotopic (exact) mass is 596 g/mol. The second kappa shape index (κ2) is 10.7. The highest BCUT2D eigenvalue weighted by atomic mass is 127. The van der Waals surface area contributed by atoms with E-state index in [9.17, 15) is 19.2 Å². The molecule has 0 amide bonds. The van der Waals surface area contributed by atoms with Crippen LogP contribution in [0.25, 0.3) is 21.1 Å².